The van der Waals surface area contributed by atoms with Crippen LogP contribution in [0.5, 0.6) is 0 Å². The van der Waals surface area contributed by atoms with E-state index < -0.39 is 5.60 Å². The molecule has 140 valence electrons. The number of ether oxygens (including phenoxy) is 1. The first-order chi connectivity index (χ1) is 12.3. The number of likely N-dealkylation sites (tertiary alicyclic amines) is 1. The van der Waals surface area contributed by atoms with Gasteiger partial charge in [-0.15, -0.1) is 0 Å². The summed E-state index contributed by atoms with van der Waals surface area (Å²) in [5.74, 6) is 0.235. The summed E-state index contributed by atoms with van der Waals surface area (Å²) < 4.78 is 7.48. The fourth-order valence-electron chi connectivity index (χ4n) is 3.38. The SMILES string of the molecule is CCn1nccc1-c1cc(C)nc(C2CCN(C(=O)OC(C)(C)C)C2)c1. The van der Waals surface area contributed by atoms with Crippen LogP contribution in [0, 0.1) is 6.92 Å². The van der Waals surface area contributed by atoms with Crippen molar-refractivity contribution in [1.82, 2.24) is 19.7 Å². The van der Waals surface area contributed by atoms with Crippen LogP contribution in [0.4, 0.5) is 4.79 Å². The zero-order valence-electron chi connectivity index (χ0n) is 16.3. The highest BCUT2D eigenvalue weighted by molar-refractivity contribution is 5.68. The van der Waals surface area contributed by atoms with Crippen LogP contribution < -0.4 is 0 Å². The molecule has 0 N–H and O–H groups in total. The van der Waals surface area contributed by atoms with Crippen LogP contribution >= 0.6 is 0 Å². The minimum atomic E-state index is -0.470. The number of hydrogen-bond donors (Lipinski definition) is 0. The van der Waals surface area contributed by atoms with Crippen LogP contribution in [0.25, 0.3) is 11.3 Å². The Bertz CT molecular complexity index is 791. The molecule has 0 saturated carbocycles. The van der Waals surface area contributed by atoms with E-state index in [1.807, 2.05) is 44.6 Å². The van der Waals surface area contributed by atoms with Gasteiger partial charge in [0.1, 0.15) is 5.60 Å². The number of pyridine rings is 1. The van der Waals surface area contributed by atoms with E-state index in [4.69, 9.17) is 9.72 Å². The van der Waals surface area contributed by atoms with Crippen LogP contribution in [0.3, 0.4) is 0 Å². The van der Waals surface area contributed by atoms with Crippen molar-refractivity contribution in [3.8, 4) is 11.3 Å². The highest BCUT2D eigenvalue weighted by atomic mass is 16.6. The molecule has 1 fully saturated rings. The summed E-state index contributed by atoms with van der Waals surface area (Å²) in [5, 5.41) is 4.36. The molecule has 1 aliphatic heterocycles. The third-order valence-electron chi connectivity index (χ3n) is 4.54. The summed E-state index contributed by atoms with van der Waals surface area (Å²) in [6.07, 6.45) is 2.49. The zero-order valence-corrected chi connectivity index (χ0v) is 16.3. The van der Waals surface area contributed by atoms with E-state index in [0.717, 1.165) is 35.6 Å². The Balaban J connectivity index is 1.79. The smallest absolute Gasteiger partial charge is 0.410 e. The van der Waals surface area contributed by atoms with Crippen LogP contribution in [0.1, 0.15) is 51.4 Å². The third kappa shape index (κ3) is 4.06. The predicted octanol–water partition coefficient (Wildman–Crippen LogP) is 4.00. The molecule has 0 bridgehead atoms. The molecule has 0 spiro atoms. The van der Waals surface area contributed by atoms with E-state index >= 15 is 0 Å². The van der Waals surface area contributed by atoms with Gasteiger partial charge in [-0.25, -0.2) is 4.79 Å². The maximum absolute atomic E-state index is 12.3. The summed E-state index contributed by atoms with van der Waals surface area (Å²) >= 11 is 0. The fraction of sp³-hybridized carbons (Fsp3) is 0.550. The van der Waals surface area contributed by atoms with Gasteiger partial charge >= 0.3 is 6.09 Å². The Morgan fingerprint density at radius 2 is 2.12 bits per heavy atom. The first kappa shape index (κ1) is 18.4. The lowest BCUT2D eigenvalue weighted by Gasteiger charge is -2.24. The van der Waals surface area contributed by atoms with E-state index in [1.165, 1.54) is 0 Å². The van der Waals surface area contributed by atoms with Gasteiger partial charge in [0.2, 0.25) is 0 Å². The van der Waals surface area contributed by atoms with E-state index in [9.17, 15) is 4.79 Å². The Morgan fingerprint density at radius 3 is 2.81 bits per heavy atom. The van der Waals surface area contributed by atoms with Crippen LogP contribution in [0.2, 0.25) is 0 Å². The molecule has 3 heterocycles. The van der Waals surface area contributed by atoms with E-state index in [2.05, 4.69) is 24.2 Å². The minimum absolute atomic E-state index is 0.235. The minimum Gasteiger partial charge on any atom is -0.444 e. The lowest BCUT2D eigenvalue weighted by atomic mass is 10.0. The third-order valence-corrected chi connectivity index (χ3v) is 4.54. The van der Waals surface area contributed by atoms with E-state index in [1.54, 1.807) is 4.90 Å². The molecule has 2 aromatic rings. The Morgan fingerprint density at radius 1 is 1.35 bits per heavy atom. The van der Waals surface area contributed by atoms with Crippen molar-refractivity contribution >= 4 is 6.09 Å². The molecule has 6 nitrogen and oxygen atoms in total. The second kappa shape index (κ2) is 7.09. The molecule has 2 aromatic heterocycles. The highest BCUT2D eigenvalue weighted by Crippen LogP contribution is 2.30. The molecule has 1 unspecified atom stereocenters. The zero-order chi connectivity index (χ0) is 18.9. The van der Waals surface area contributed by atoms with Crippen molar-refractivity contribution in [2.24, 2.45) is 0 Å². The van der Waals surface area contributed by atoms with Gasteiger partial charge in [0.25, 0.3) is 0 Å². The number of aryl methyl sites for hydroxylation is 2. The lowest BCUT2D eigenvalue weighted by molar-refractivity contribution is 0.0292. The maximum Gasteiger partial charge on any atom is 0.410 e. The second-order valence-electron chi connectivity index (χ2n) is 7.87. The van der Waals surface area contributed by atoms with Gasteiger partial charge in [0.05, 0.1) is 5.69 Å². The molecule has 1 amide bonds. The number of amides is 1. The van der Waals surface area contributed by atoms with Gasteiger partial charge in [0.15, 0.2) is 0 Å². The van der Waals surface area contributed by atoms with Crippen LogP contribution in [-0.4, -0.2) is 44.4 Å². The highest BCUT2D eigenvalue weighted by Gasteiger charge is 2.31. The van der Waals surface area contributed by atoms with E-state index in [-0.39, 0.29) is 12.0 Å². The van der Waals surface area contributed by atoms with Crippen molar-refractivity contribution in [3.63, 3.8) is 0 Å². The first-order valence-electron chi connectivity index (χ1n) is 9.25. The number of hydrogen-bond acceptors (Lipinski definition) is 4. The summed E-state index contributed by atoms with van der Waals surface area (Å²) in [4.78, 5) is 18.8. The fourth-order valence-corrected chi connectivity index (χ4v) is 3.38. The Kier molecular flexibility index (Phi) is 5.03. The standard InChI is InChI=1S/C20H28N4O2/c1-6-24-18(7-9-21-24)16-11-14(2)22-17(12-16)15-8-10-23(13-15)19(25)26-20(3,4)5/h7,9,11-12,15H,6,8,10,13H2,1-5H3. The normalized spacial score (nSPS) is 17.6. The van der Waals surface area contributed by atoms with Gasteiger partial charge in [-0.2, -0.15) is 5.10 Å². The van der Waals surface area contributed by atoms with Gasteiger partial charge in [-0.05, 0) is 59.2 Å². The van der Waals surface area contributed by atoms with Crippen molar-refractivity contribution in [2.45, 2.75) is 59.1 Å². The predicted molar refractivity (Wildman–Crippen MR) is 101 cm³/mol. The van der Waals surface area contributed by atoms with Gasteiger partial charge in [-0.1, -0.05) is 0 Å². The summed E-state index contributed by atoms with van der Waals surface area (Å²) in [7, 11) is 0. The molecule has 1 atom stereocenters. The first-order valence-corrected chi connectivity index (χ1v) is 9.25. The van der Waals surface area contributed by atoms with Gasteiger partial charge in [0, 0.05) is 48.7 Å². The average Bonchev–Trinajstić information content (AvgIpc) is 3.22. The number of carbonyl (C=O) groups excluding carboxylic acids is 1. The maximum atomic E-state index is 12.3. The molecule has 1 saturated heterocycles. The number of nitrogens with zero attached hydrogens (tertiary/aromatic N) is 4. The average molecular weight is 356 g/mol. The number of aromatic nitrogens is 3. The molecule has 0 radical (unpaired) electrons. The van der Waals surface area contributed by atoms with Gasteiger partial charge in [-0.3, -0.25) is 9.67 Å². The molecular weight excluding hydrogens is 328 g/mol. The van der Waals surface area contributed by atoms with Crippen LogP contribution in [-0.2, 0) is 11.3 Å². The molecule has 1 aliphatic rings. The van der Waals surface area contributed by atoms with Crippen molar-refractivity contribution in [2.75, 3.05) is 13.1 Å². The molecule has 26 heavy (non-hydrogen) atoms. The number of rotatable bonds is 3. The molecule has 6 heteroatoms. The quantitative estimate of drug-likeness (QED) is 0.834. The topological polar surface area (TPSA) is 60.2 Å². The van der Waals surface area contributed by atoms with Crippen LogP contribution in [0.15, 0.2) is 24.4 Å². The molecule has 0 aromatic carbocycles. The Labute approximate surface area is 155 Å². The molecule has 3 rings (SSSR count). The van der Waals surface area contributed by atoms with Crippen molar-refractivity contribution in [3.05, 3.63) is 35.8 Å². The Hall–Kier alpha value is -2.37. The number of carbonyl (C=O) groups is 1. The largest absolute Gasteiger partial charge is 0.444 e. The summed E-state index contributed by atoms with van der Waals surface area (Å²) in [5.41, 5.74) is 3.78. The van der Waals surface area contributed by atoms with Crippen molar-refractivity contribution in [1.29, 1.82) is 0 Å². The second-order valence-corrected chi connectivity index (χ2v) is 7.87. The molecular formula is C20H28N4O2. The monoisotopic (exact) mass is 356 g/mol. The molecule has 0 aliphatic carbocycles. The lowest BCUT2D eigenvalue weighted by Crippen LogP contribution is -2.35. The summed E-state index contributed by atoms with van der Waals surface area (Å²) in [6.45, 7) is 12.0. The summed E-state index contributed by atoms with van der Waals surface area (Å²) in [6, 6.07) is 6.26. The van der Waals surface area contributed by atoms with Gasteiger partial charge < -0.3 is 9.64 Å². The van der Waals surface area contributed by atoms with Crippen molar-refractivity contribution < 1.29 is 9.53 Å². The van der Waals surface area contributed by atoms with E-state index in [0.29, 0.717) is 13.1 Å².